The minimum atomic E-state index is -0.101. The molecule has 2 amide bonds. The van der Waals surface area contributed by atoms with E-state index in [-0.39, 0.29) is 30.9 Å². The van der Waals surface area contributed by atoms with Crippen LogP contribution in [0.5, 0.6) is 0 Å². The van der Waals surface area contributed by atoms with Crippen molar-refractivity contribution in [2.75, 3.05) is 25.5 Å². The number of hydrogen-bond donors (Lipinski definition) is 2. The van der Waals surface area contributed by atoms with E-state index in [0.29, 0.717) is 5.92 Å². The first-order valence-electron chi connectivity index (χ1n) is 8.62. The van der Waals surface area contributed by atoms with Crippen molar-refractivity contribution in [2.24, 2.45) is 5.92 Å². The fourth-order valence-corrected chi connectivity index (χ4v) is 3.12. The van der Waals surface area contributed by atoms with Crippen molar-refractivity contribution in [3.63, 3.8) is 0 Å². The van der Waals surface area contributed by atoms with Crippen molar-refractivity contribution >= 4 is 17.5 Å². The zero-order chi connectivity index (χ0) is 17.9. The Hall–Kier alpha value is -1.88. The molecule has 2 N–H and O–H groups in total. The molecule has 1 aromatic rings. The number of amides is 2. The maximum atomic E-state index is 12.2. The van der Waals surface area contributed by atoms with Crippen LogP contribution in [0.4, 0.5) is 5.69 Å². The van der Waals surface area contributed by atoms with Crippen LogP contribution >= 0.6 is 0 Å². The van der Waals surface area contributed by atoms with E-state index >= 15 is 0 Å². The highest BCUT2D eigenvalue weighted by atomic mass is 16.2. The third-order valence-corrected chi connectivity index (χ3v) is 4.49. The molecule has 1 aromatic carbocycles. The number of carbonyl (C=O) groups is 2. The molecule has 5 nitrogen and oxygen atoms in total. The van der Waals surface area contributed by atoms with Gasteiger partial charge in [0, 0.05) is 11.7 Å². The molecule has 0 radical (unpaired) electrons. The number of rotatable bonds is 7. The Morgan fingerprint density at radius 2 is 1.67 bits per heavy atom. The van der Waals surface area contributed by atoms with Gasteiger partial charge in [-0.1, -0.05) is 17.7 Å². The van der Waals surface area contributed by atoms with E-state index in [4.69, 9.17) is 0 Å². The predicted octanol–water partition coefficient (Wildman–Crippen LogP) is 2.40. The van der Waals surface area contributed by atoms with Gasteiger partial charge in [0.25, 0.3) is 0 Å². The monoisotopic (exact) mass is 331 g/mol. The largest absolute Gasteiger partial charge is 0.352 e. The Morgan fingerprint density at radius 1 is 1.12 bits per heavy atom. The number of nitrogens with zero attached hydrogens (tertiary/aromatic N) is 1. The molecule has 0 aliphatic heterocycles. The van der Waals surface area contributed by atoms with E-state index in [2.05, 4.69) is 22.8 Å². The molecule has 0 aromatic heterocycles. The summed E-state index contributed by atoms with van der Waals surface area (Å²) >= 11 is 0. The van der Waals surface area contributed by atoms with Crippen molar-refractivity contribution in [1.29, 1.82) is 0 Å². The van der Waals surface area contributed by atoms with Crippen molar-refractivity contribution < 1.29 is 9.59 Å². The molecule has 0 unspecified atom stereocenters. The average molecular weight is 331 g/mol. The second-order valence-electron chi connectivity index (χ2n) is 7.19. The van der Waals surface area contributed by atoms with Crippen LogP contribution < -0.4 is 10.6 Å². The molecule has 0 heterocycles. The maximum absolute atomic E-state index is 12.2. The summed E-state index contributed by atoms with van der Waals surface area (Å²) in [5, 5.41) is 5.97. The SMILES string of the molecule is Cc1cc(C)c(NC(=O)CN(C)CC(=O)N[C@@H](C)C2CC2)c(C)c1. The van der Waals surface area contributed by atoms with E-state index in [1.54, 1.807) is 11.9 Å². The van der Waals surface area contributed by atoms with Gasteiger partial charge in [0.1, 0.15) is 0 Å². The fraction of sp³-hybridized carbons (Fsp3) is 0.579. The Kier molecular flexibility index (Phi) is 5.99. The standard InChI is InChI=1S/C19H29N3O2/c1-12-8-13(2)19(14(3)9-12)21-18(24)11-22(5)10-17(23)20-15(4)16-6-7-16/h8-9,15-16H,6-7,10-11H2,1-5H3,(H,20,23)(H,21,24)/t15-/m0/s1. The highest BCUT2D eigenvalue weighted by Gasteiger charge is 2.29. The van der Waals surface area contributed by atoms with Crippen LogP contribution in [0.3, 0.4) is 0 Å². The van der Waals surface area contributed by atoms with Crippen molar-refractivity contribution in [1.82, 2.24) is 10.2 Å². The maximum Gasteiger partial charge on any atom is 0.238 e. The van der Waals surface area contributed by atoms with Crippen LogP contribution in [0.25, 0.3) is 0 Å². The van der Waals surface area contributed by atoms with E-state index < -0.39 is 0 Å². The quantitative estimate of drug-likeness (QED) is 0.806. The second-order valence-corrected chi connectivity index (χ2v) is 7.19. The molecule has 0 spiro atoms. The summed E-state index contributed by atoms with van der Waals surface area (Å²) in [4.78, 5) is 26.0. The molecule has 1 saturated carbocycles. The fourth-order valence-electron chi connectivity index (χ4n) is 3.12. The predicted molar refractivity (Wildman–Crippen MR) is 97.1 cm³/mol. The van der Waals surface area contributed by atoms with Crippen LogP contribution in [-0.2, 0) is 9.59 Å². The topological polar surface area (TPSA) is 61.4 Å². The minimum absolute atomic E-state index is 0.0209. The van der Waals surface area contributed by atoms with E-state index in [1.807, 2.05) is 27.7 Å². The normalized spacial score (nSPS) is 15.2. The van der Waals surface area contributed by atoms with E-state index in [9.17, 15) is 9.59 Å². The second kappa shape index (κ2) is 7.79. The Balaban J connectivity index is 1.82. The number of anilines is 1. The van der Waals surface area contributed by atoms with Gasteiger partial charge in [-0.3, -0.25) is 14.5 Å². The number of carbonyl (C=O) groups excluding carboxylic acids is 2. The van der Waals surface area contributed by atoms with E-state index in [1.165, 1.54) is 18.4 Å². The van der Waals surface area contributed by atoms with E-state index in [0.717, 1.165) is 16.8 Å². The molecule has 132 valence electrons. The number of likely N-dealkylation sites (N-methyl/N-ethyl adjacent to an activating group) is 1. The molecule has 1 aliphatic rings. The molecule has 5 heteroatoms. The lowest BCUT2D eigenvalue weighted by Crippen LogP contribution is -2.42. The van der Waals surface area contributed by atoms with Gasteiger partial charge in [-0.25, -0.2) is 0 Å². The molecule has 1 fully saturated rings. The molecule has 24 heavy (non-hydrogen) atoms. The average Bonchev–Trinajstić information content (AvgIpc) is 3.26. The van der Waals surface area contributed by atoms with Crippen LogP contribution in [0.2, 0.25) is 0 Å². The first-order chi connectivity index (χ1) is 11.3. The van der Waals surface area contributed by atoms with Crippen LogP contribution in [0.15, 0.2) is 12.1 Å². The van der Waals surface area contributed by atoms with Gasteiger partial charge in [-0.05, 0) is 64.6 Å². The number of aryl methyl sites for hydroxylation is 3. The van der Waals surface area contributed by atoms with Gasteiger partial charge in [0.15, 0.2) is 0 Å². The summed E-state index contributed by atoms with van der Waals surface area (Å²) in [5.41, 5.74) is 4.16. The van der Waals surface area contributed by atoms with Crippen LogP contribution in [0, 0.1) is 26.7 Å². The molecule has 2 rings (SSSR count). The molecule has 1 atom stereocenters. The van der Waals surface area contributed by atoms with Crippen LogP contribution in [0.1, 0.15) is 36.5 Å². The van der Waals surface area contributed by atoms with Gasteiger partial charge in [-0.15, -0.1) is 0 Å². The summed E-state index contributed by atoms with van der Waals surface area (Å²) in [6, 6.07) is 4.34. The van der Waals surface area contributed by atoms with Gasteiger partial charge < -0.3 is 10.6 Å². The zero-order valence-electron chi connectivity index (χ0n) is 15.4. The summed E-state index contributed by atoms with van der Waals surface area (Å²) in [7, 11) is 1.79. The lowest BCUT2D eigenvalue weighted by atomic mass is 10.1. The number of nitrogens with one attached hydrogen (secondary N) is 2. The Bertz CT molecular complexity index is 600. The molecule has 1 aliphatic carbocycles. The highest BCUT2D eigenvalue weighted by molar-refractivity contribution is 5.94. The number of hydrogen-bond acceptors (Lipinski definition) is 3. The van der Waals surface area contributed by atoms with Crippen molar-refractivity contribution in [3.05, 3.63) is 28.8 Å². The summed E-state index contributed by atoms with van der Waals surface area (Å²) in [6.45, 7) is 8.50. The molecule has 0 saturated heterocycles. The van der Waals surface area contributed by atoms with Crippen LogP contribution in [-0.4, -0.2) is 42.9 Å². The van der Waals surface area contributed by atoms with Crippen molar-refractivity contribution in [2.45, 2.75) is 46.6 Å². The third kappa shape index (κ3) is 5.34. The first kappa shape index (κ1) is 18.5. The zero-order valence-corrected chi connectivity index (χ0v) is 15.4. The molecular weight excluding hydrogens is 302 g/mol. The van der Waals surface area contributed by atoms with Gasteiger partial charge >= 0.3 is 0 Å². The summed E-state index contributed by atoms with van der Waals surface area (Å²) in [6.07, 6.45) is 2.41. The highest BCUT2D eigenvalue weighted by Crippen LogP contribution is 2.32. The summed E-state index contributed by atoms with van der Waals surface area (Å²) in [5.74, 6) is 0.512. The smallest absolute Gasteiger partial charge is 0.238 e. The molecular formula is C19H29N3O2. The minimum Gasteiger partial charge on any atom is -0.352 e. The lowest BCUT2D eigenvalue weighted by Gasteiger charge is -2.19. The van der Waals surface area contributed by atoms with Gasteiger partial charge in [-0.2, -0.15) is 0 Å². The van der Waals surface area contributed by atoms with Gasteiger partial charge in [0.05, 0.1) is 13.1 Å². The van der Waals surface area contributed by atoms with Crippen molar-refractivity contribution in [3.8, 4) is 0 Å². The lowest BCUT2D eigenvalue weighted by molar-refractivity contribution is -0.123. The summed E-state index contributed by atoms with van der Waals surface area (Å²) < 4.78 is 0. The number of benzene rings is 1. The van der Waals surface area contributed by atoms with Gasteiger partial charge in [0.2, 0.25) is 11.8 Å². The Morgan fingerprint density at radius 3 is 2.21 bits per heavy atom. The third-order valence-electron chi connectivity index (χ3n) is 4.49. The Labute approximate surface area is 144 Å². The molecule has 0 bridgehead atoms. The first-order valence-corrected chi connectivity index (χ1v) is 8.62.